The number of methoxy groups -OCH3 is 1. The van der Waals surface area contributed by atoms with Gasteiger partial charge in [0.2, 0.25) is 5.91 Å². The lowest BCUT2D eigenvalue weighted by atomic mass is 9.96. The van der Waals surface area contributed by atoms with Gasteiger partial charge in [0.1, 0.15) is 5.75 Å². The number of amides is 2. The number of carbonyl (C=O) groups excluding carboxylic acids is 2. The summed E-state index contributed by atoms with van der Waals surface area (Å²) in [7, 11) is -2.41. The fourth-order valence-electron chi connectivity index (χ4n) is 4.03. The minimum atomic E-state index is -3.87. The Morgan fingerprint density at radius 1 is 0.943 bits per heavy atom. The van der Waals surface area contributed by atoms with Crippen LogP contribution in [0.5, 0.6) is 5.75 Å². The van der Waals surface area contributed by atoms with Crippen LogP contribution < -0.4 is 14.8 Å². The number of benzene rings is 3. The molecule has 0 aliphatic carbocycles. The van der Waals surface area contributed by atoms with Crippen molar-refractivity contribution in [1.82, 2.24) is 4.90 Å². The van der Waals surface area contributed by atoms with Gasteiger partial charge in [0, 0.05) is 24.3 Å². The van der Waals surface area contributed by atoms with Gasteiger partial charge in [0.25, 0.3) is 15.9 Å². The number of rotatable bonds is 7. The lowest BCUT2D eigenvalue weighted by Crippen LogP contribution is -2.43. The maximum absolute atomic E-state index is 13.1. The van der Waals surface area contributed by atoms with Gasteiger partial charge < -0.3 is 15.0 Å². The Morgan fingerprint density at radius 2 is 1.63 bits per heavy atom. The zero-order chi connectivity index (χ0) is 24.8. The Bertz CT molecular complexity index is 1290. The van der Waals surface area contributed by atoms with Crippen LogP contribution in [0, 0.1) is 5.92 Å². The van der Waals surface area contributed by atoms with Crippen LogP contribution in [0.25, 0.3) is 0 Å². The number of ether oxygens (including phenoxy) is 1. The molecule has 0 saturated carbocycles. The second-order valence-corrected chi connectivity index (χ2v) is 9.96. The normalized spacial score (nSPS) is 15.8. The summed E-state index contributed by atoms with van der Waals surface area (Å²) in [6, 6.07) is 21.7. The molecule has 4 rings (SSSR count). The summed E-state index contributed by atoms with van der Waals surface area (Å²) >= 11 is 0. The van der Waals surface area contributed by atoms with Crippen LogP contribution in [0.1, 0.15) is 23.2 Å². The lowest BCUT2D eigenvalue weighted by molar-refractivity contribution is -0.121. The van der Waals surface area contributed by atoms with E-state index in [0.29, 0.717) is 42.9 Å². The Balaban J connectivity index is 1.42. The molecule has 9 heteroatoms. The fourth-order valence-corrected chi connectivity index (χ4v) is 5.10. The smallest absolute Gasteiger partial charge is 0.262 e. The molecular formula is C26H27N3O5S. The summed E-state index contributed by atoms with van der Waals surface area (Å²) in [5.74, 6) is -0.252. The van der Waals surface area contributed by atoms with Crippen molar-refractivity contribution < 1.29 is 22.7 Å². The number of nitrogens with one attached hydrogen (secondary N) is 2. The zero-order valence-corrected chi connectivity index (χ0v) is 20.1. The molecule has 1 fully saturated rings. The van der Waals surface area contributed by atoms with Gasteiger partial charge in [-0.2, -0.15) is 0 Å². The van der Waals surface area contributed by atoms with Crippen molar-refractivity contribution in [3.8, 4) is 5.75 Å². The molecule has 8 nitrogen and oxygen atoms in total. The van der Waals surface area contributed by atoms with Gasteiger partial charge in [-0.1, -0.05) is 30.3 Å². The van der Waals surface area contributed by atoms with E-state index in [2.05, 4.69) is 10.0 Å². The minimum Gasteiger partial charge on any atom is -0.495 e. The predicted octanol–water partition coefficient (Wildman–Crippen LogP) is 3.99. The van der Waals surface area contributed by atoms with Crippen LogP contribution in [0.2, 0.25) is 0 Å². The van der Waals surface area contributed by atoms with Gasteiger partial charge in [0.05, 0.1) is 23.6 Å². The number of piperidine rings is 1. The van der Waals surface area contributed by atoms with Gasteiger partial charge >= 0.3 is 0 Å². The summed E-state index contributed by atoms with van der Waals surface area (Å²) < 4.78 is 33.3. The molecule has 1 heterocycles. The average Bonchev–Trinajstić information content (AvgIpc) is 2.89. The monoisotopic (exact) mass is 493 g/mol. The van der Waals surface area contributed by atoms with Gasteiger partial charge in [0.15, 0.2) is 0 Å². The number of hydrogen-bond acceptors (Lipinski definition) is 5. The molecular weight excluding hydrogens is 466 g/mol. The second kappa shape index (κ2) is 10.6. The van der Waals surface area contributed by atoms with E-state index < -0.39 is 10.0 Å². The van der Waals surface area contributed by atoms with E-state index in [1.165, 1.54) is 31.4 Å². The van der Waals surface area contributed by atoms with E-state index in [1.807, 2.05) is 30.3 Å². The van der Waals surface area contributed by atoms with Gasteiger partial charge in [-0.3, -0.25) is 14.3 Å². The van der Waals surface area contributed by atoms with E-state index in [1.54, 1.807) is 29.2 Å². The molecule has 0 bridgehead atoms. The fraction of sp³-hybridized carbons (Fsp3) is 0.231. The topological polar surface area (TPSA) is 105 Å². The molecule has 2 amide bonds. The highest BCUT2D eigenvalue weighted by molar-refractivity contribution is 7.92. The van der Waals surface area contributed by atoms with Crippen LogP contribution in [-0.4, -0.2) is 45.3 Å². The molecule has 3 aromatic carbocycles. The first kappa shape index (κ1) is 24.3. The molecule has 1 aliphatic heterocycles. The van der Waals surface area contributed by atoms with Crippen molar-refractivity contribution in [2.75, 3.05) is 30.2 Å². The number of carbonyl (C=O) groups is 2. The Kier molecular flexibility index (Phi) is 7.36. The van der Waals surface area contributed by atoms with E-state index >= 15 is 0 Å². The highest BCUT2D eigenvalue weighted by Gasteiger charge is 2.29. The summed E-state index contributed by atoms with van der Waals surface area (Å²) in [6.45, 7) is 0.857. The van der Waals surface area contributed by atoms with E-state index in [9.17, 15) is 18.0 Å². The third-order valence-electron chi connectivity index (χ3n) is 5.88. The molecule has 1 aliphatic rings. The third-order valence-corrected chi connectivity index (χ3v) is 7.26. The second-order valence-electron chi connectivity index (χ2n) is 8.28. The highest BCUT2D eigenvalue weighted by atomic mass is 32.2. The predicted molar refractivity (Wildman–Crippen MR) is 134 cm³/mol. The molecule has 0 aromatic heterocycles. The van der Waals surface area contributed by atoms with Gasteiger partial charge in [-0.25, -0.2) is 8.42 Å². The number of sulfonamides is 1. The van der Waals surface area contributed by atoms with Crippen molar-refractivity contribution in [3.05, 3.63) is 84.4 Å². The van der Waals surface area contributed by atoms with Crippen LogP contribution in [0.15, 0.2) is 83.8 Å². The van der Waals surface area contributed by atoms with E-state index in [0.717, 1.165) is 5.69 Å². The Labute approximate surface area is 205 Å². The summed E-state index contributed by atoms with van der Waals surface area (Å²) in [5, 5.41) is 2.90. The van der Waals surface area contributed by atoms with Crippen molar-refractivity contribution in [2.45, 2.75) is 17.7 Å². The maximum Gasteiger partial charge on any atom is 0.262 e. The molecule has 2 N–H and O–H groups in total. The quantitative estimate of drug-likeness (QED) is 0.518. The van der Waals surface area contributed by atoms with Crippen molar-refractivity contribution in [3.63, 3.8) is 0 Å². The molecule has 35 heavy (non-hydrogen) atoms. The van der Waals surface area contributed by atoms with Crippen LogP contribution in [-0.2, 0) is 14.8 Å². The van der Waals surface area contributed by atoms with Crippen LogP contribution in [0.3, 0.4) is 0 Å². The molecule has 1 saturated heterocycles. The lowest BCUT2D eigenvalue weighted by Gasteiger charge is -2.32. The molecule has 1 atom stereocenters. The average molecular weight is 494 g/mol. The number of anilines is 2. The first-order valence-corrected chi connectivity index (χ1v) is 12.8. The van der Waals surface area contributed by atoms with Crippen molar-refractivity contribution in [1.29, 1.82) is 0 Å². The summed E-state index contributed by atoms with van der Waals surface area (Å²) in [4.78, 5) is 27.4. The van der Waals surface area contributed by atoms with Gasteiger partial charge in [-0.05, 0) is 61.4 Å². The number of hydrogen-bond donors (Lipinski definition) is 2. The number of likely N-dealkylation sites (tertiary alicyclic amines) is 1. The van der Waals surface area contributed by atoms with Gasteiger partial charge in [-0.15, -0.1) is 0 Å². The zero-order valence-electron chi connectivity index (χ0n) is 19.3. The van der Waals surface area contributed by atoms with Crippen molar-refractivity contribution in [2.24, 2.45) is 5.92 Å². The Hall–Kier alpha value is -3.85. The summed E-state index contributed by atoms with van der Waals surface area (Å²) in [6.07, 6.45) is 1.42. The minimum absolute atomic E-state index is 0.0266. The largest absolute Gasteiger partial charge is 0.495 e. The van der Waals surface area contributed by atoms with E-state index in [-0.39, 0.29) is 22.6 Å². The Morgan fingerprint density at radius 3 is 2.34 bits per heavy atom. The van der Waals surface area contributed by atoms with Crippen LogP contribution in [0.4, 0.5) is 11.4 Å². The number of nitrogens with zero attached hydrogens (tertiary/aromatic N) is 1. The van der Waals surface area contributed by atoms with Crippen LogP contribution >= 0.6 is 0 Å². The maximum atomic E-state index is 13.1. The third kappa shape index (κ3) is 5.81. The molecule has 3 aromatic rings. The first-order chi connectivity index (χ1) is 16.9. The molecule has 0 radical (unpaired) electrons. The standard InChI is InChI=1S/C26H27N3O5S/c1-34-24-12-6-5-11-23(24)28-35(32,33)22-15-13-19(14-16-22)26(31)29-17-7-8-20(18-29)25(30)27-21-9-3-2-4-10-21/h2-6,9-16,20,28H,7-8,17-18H2,1H3,(H,27,30). The van der Waals surface area contributed by atoms with Crippen molar-refractivity contribution >= 4 is 33.2 Å². The van der Waals surface area contributed by atoms with E-state index in [4.69, 9.17) is 4.74 Å². The first-order valence-electron chi connectivity index (χ1n) is 11.3. The SMILES string of the molecule is COc1ccccc1NS(=O)(=O)c1ccc(C(=O)N2CCCC(C(=O)Nc3ccccc3)C2)cc1. The highest BCUT2D eigenvalue weighted by Crippen LogP contribution is 2.26. The molecule has 182 valence electrons. The summed E-state index contributed by atoms with van der Waals surface area (Å²) in [5.41, 5.74) is 1.41. The molecule has 1 unspecified atom stereocenters. The molecule has 0 spiro atoms. The number of para-hydroxylation sites is 3.